The predicted molar refractivity (Wildman–Crippen MR) is 76.7 cm³/mol. The summed E-state index contributed by atoms with van der Waals surface area (Å²) in [6.07, 6.45) is 2.65. The van der Waals surface area contributed by atoms with Crippen molar-refractivity contribution in [2.45, 2.75) is 32.9 Å². The van der Waals surface area contributed by atoms with Crippen LogP contribution in [0.2, 0.25) is 0 Å². The molecule has 0 unspecified atom stereocenters. The average molecular weight is 273 g/mol. The van der Waals surface area contributed by atoms with Crippen LogP contribution in [0.4, 0.5) is 0 Å². The van der Waals surface area contributed by atoms with Crippen molar-refractivity contribution in [1.82, 2.24) is 5.32 Å². The molecule has 0 aliphatic rings. The minimum Gasteiger partial charge on any atom is -0.491 e. The molecule has 1 N–H and O–H groups in total. The van der Waals surface area contributed by atoms with Gasteiger partial charge in [0.25, 0.3) is 5.91 Å². The van der Waals surface area contributed by atoms with E-state index in [1.54, 1.807) is 24.5 Å². The monoisotopic (exact) mass is 273 g/mol. The van der Waals surface area contributed by atoms with Gasteiger partial charge in [0.15, 0.2) is 0 Å². The number of furan rings is 1. The van der Waals surface area contributed by atoms with E-state index in [2.05, 4.69) is 12.2 Å². The van der Waals surface area contributed by atoms with E-state index in [9.17, 15) is 4.79 Å². The van der Waals surface area contributed by atoms with Crippen LogP contribution in [-0.2, 0) is 6.54 Å². The van der Waals surface area contributed by atoms with Gasteiger partial charge in [0, 0.05) is 5.56 Å². The SMILES string of the molecule is CC[C@@H](C)Oc1cccc(C(=O)NCc2ccco2)c1. The summed E-state index contributed by atoms with van der Waals surface area (Å²) < 4.78 is 10.9. The first-order valence-electron chi connectivity index (χ1n) is 6.76. The summed E-state index contributed by atoms with van der Waals surface area (Å²) in [5.74, 6) is 1.30. The Balaban J connectivity index is 1.97. The van der Waals surface area contributed by atoms with Gasteiger partial charge in [0.05, 0.1) is 18.9 Å². The van der Waals surface area contributed by atoms with E-state index in [1.165, 1.54) is 0 Å². The van der Waals surface area contributed by atoms with Crippen molar-refractivity contribution in [3.8, 4) is 5.75 Å². The van der Waals surface area contributed by atoms with Gasteiger partial charge in [-0.15, -0.1) is 0 Å². The maximum Gasteiger partial charge on any atom is 0.251 e. The van der Waals surface area contributed by atoms with Crippen molar-refractivity contribution in [2.75, 3.05) is 0 Å². The number of carbonyl (C=O) groups is 1. The second-order valence-corrected chi connectivity index (χ2v) is 4.63. The van der Waals surface area contributed by atoms with E-state index < -0.39 is 0 Å². The Bertz CT molecular complexity index is 549. The van der Waals surface area contributed by atoms with E-state index in [0.29, 0.717) is 17.9 Å². The Kier molecular flexibility index (Phi) is 4.82. The first-order valence-corrected chi connectivity index (χ1v) is 6.76. The summed E-state index contributed by atoms with van der Waals surface area (Å²) in [5, 5.41) is 2.81. The minimum atomic E-state index is -0.143. The van der Waals surface area contributed by atoms with Gasteiger partial charge < -0.3 is 14.5 Å². The highest BCUT2D eigenvalue weighted by Crippen LogP contribution is 2.16. The number of hydrogen-bond donors (Lipinski definition) is 1. The Morgan fingerprint density at radius 3 is 2.90 bits per heavy atom. The first kappa shape index (κ1) is 14.2. The molecule has 0 bridgehead atoms. The number of rotatable bonds is 6. The average Bonchev–Trinajstić information content (AvgIpc) is 2.98. The van der Waals surface area contributed by atoms with Gasteiger partial charge in [0.2, 0.25) is 0 Å². The van der Waals surface area contributed by atoms with E-state index >= 15 is 0 Å². The summed E-state index contributed by atoms with van der Waals surface area (Å²) in [4.78, 5) is 12.0. The molecule has 0 fully saturated rings. The molecule has 0 saturated heterocycles. The predicted octanol–water partition coefficient (Wildman–Crippen LogP) is 3.39. The zero-order chi connectivity index (χ0) is 14.4. The topological polar surface area (TPSA) is 51.5 Å². The van der Waals surface area contributed by atoms with E-state index in [0.717, 1.165) is 12.2 Å². The molecular weight excluding hydrogens is 254 g/mol. The molecule has 1 aromatic heterocycles. The van der Waals surface area contributed by atoms with Crippen molar-refractivity contribution in [2.24, 2.45) is 0 Å². The van der Waals surface area contributed by atoms with Crippen molar-refractivity contribution >= 4 is 5.91 Å². The molecule has 0 saturated carbocycles. The molecule has 1 heterocycles. The van der Waals surface area contributed by atoms with Crippen molar-refractivity contribution in [1.29, 1.82) is 0 Å². The van der Waals surface area contributed by atoms with Gasteiger partial charge in [-0.25, -0.2) is 0 Å². The fourth-order valence-corrected chi connectivity index (χ4v) is 1.71. The maximum absolute atomic E-state index is 12.0. The molecule has 4 heteroatoms. The molecule has 0 radical (unpaired) electrons. The van der Waals surface area contributed by atoms with Gasteiger partial charge in [-0.1, -0.05) is 13.0 Å². The lowest BCUT2D eigenvalue weighted by Gasteiger charge is -2.13. The molecule has 0 aliphatic heterocycles. The summed E-state index contributed by atoms with van der Waals surface area (Å²) >= 11 is 0. The lowest BCUT2D eigenvalue weighted by Crippen LogP contribution is -2.22. The quantitative estimate of drug-likeness (QED) is 0.877. The van der Waals surface area contributed by atoms with Gasteiger partial charge in [-0.2, -0.15) is 0 Å². The van der Waals surface area contributed by atoms with Crippen LogP contribution in [-0.4, -0.2) is 12.0 Å². The largest absolute Gasteiger partial charge is 0.491 e. The highest BCUT2D eigenvalue weighted by Gasteiger charge is 2.08. The lowest BCUT2D eigenvalue weighted by atomic mass is 10.2. The van der Waals surface area contributed by atoms with Gasteiger partial charge in [0.1, 0.15) is 11.5 Å². The maximum atomic E-state index is 12.0. The summed E-state index contributed by atoms with van der Waals surface area (Å²) in [6.45, 7) is 4.44. The van der Waals surface area contributed by atoms with Crippen LogP contribution >= 0.6 is 0 Å². The third-order valence-corrected chi connectivity index (χ3v) is 3.01. The third-order valence-electron chi connectivity index (χ3n) is 3.01. The molecule has 2 aromatic rings. The third kappa shape index (κ3) is 3.88. The molecule has 0 aliphatic carbocycles. The molecule has 1 aromatic carbocycles. The fourth-order valence-electron chi connectivity index (χ4n) is 1.71. The van der Waals surface area contributed by atoms with Crippen molar-refractivity contribution < 1.29 is 13.9 Å². The number of nitrogens with one attached hydrogen (secondary N) is 1. The molecule has 4 nitrogen and oxygen atoms in total. The molecule has 106 valence electrons. The molecule has 2 rings (SSSR count). The fraction of sp³-hybridized carbons (Fsp3) is 0.312. The van der Waals surface area contributed by atoms with Crippen LogP contribution in [0.5, 0.6) is 5.75 Å². The highest BCUT2D eigenvalue weighted by atomic mass is 16.5. The molecule has 0 spiro atoms. The number of hydrogen-bond acceptors (Lipinski definition) is 3. The Morgan fingerprint density at radius 2 is 2.20 bits per heavy atom. The first-order chi connectivity index (χ1) is 9.69. The number of amides is 1. The van der Waals surface area contributed by atoms with Gasteiger partial charge in [-0.05, 0) is 43.7 Å². The van der Waals surface area contributed by atoms with Crippen molar-refractivity contribution in [3.63, 3.8) is 0 Å². The van der Waals surface area contributed by atoms with Crippen LogP contribution in [0, 0.1) is 0 Å². The Hall–Kier alpha value is -2.23. The van der Waals surface area contributed by atoms with Crippen LogP contribution in [0.25, 0.3) is 0 Å². The van der Waals surface area contributed by atoms with Gasteiger partial charge >= 0.3 is 0 Å². The Labute approximate surface area is 118 Å². The van der Waals surface area contributed by atoms with Crippen molar-refractivity contribution in [3.05, 3.63) is 54.0 Å². The van der Waals surface area contributed by atoms with E-state index in [1.807, 2.05) is 25.1 Å². The van der Waals surface area contributed by atoms with E-state index in [4.69, 9.17) is 9.15 Å². The van der Waals surface area contributed by atoms with E-state index in [-0.39, 0.29) is 12.0 Å². The minimum absolute atomic E-state index is 0.136. The standard InChI is InChI=1S/C16H19NO3/c1-3-12(2)20-14-7-4-6-13(10-14)16(18)17-11-15-8-5-9-19-15/h4-10,12H,3,11H2,1-2H3,(H,17,18)/t12-/m1/s1. The summed E-state index contributed by atoms with van der Waals surface area (Å²) in [6, 6.07) is 10.8. The smallest absolute Gasteiger partial charge is 0.251 e. The Morgan fingerprint density at radius 1 is 1.35 bits per heavy atom. The number of ether oxygens (including phenoxy) is 1. The van der Waals surface area contributed by atoms with Crippen LogP contribution in [0.3, 0.4) is 0 Å². The molecule has 1 atom stereocenters. The number of benzene rings is 1. The second-order valence-electron chi connectivity index (χ2n) is 4.63. The van der Waals surface area contributed by atoms with Crippen LogP contribution in [0.1, 0.15) is 36.4 Å². The molecular formula is C16H19NO3. The summed E-state index contributed by atoms with van der Waals surface area (Å²) in [7, 11) is 0. The summed E-state index contributed by atoms with van der Waals surface area (Å²) in [5.41, 5.74) is 0.581. The molecule has 1 amide bonds. The van der Waals surface area contributed by atoms with Gasteiger partial charge in [-0.3, -0.25) is 4.79 Å². The highest BCUT2D eigenvalue weighted by molar-refractivity contribution is 5.94. The second kappa shape index (κ2) is 6.80. The van der Waals surface area contributed by atoms with Crippen LogP contribution < -0.4 is 10.1 Å². The number of carbonyl (C=O) groups excluding carboxylic acids is 1. The zero-order valence-electron chi connectivity index (χ0n) is 11.8. The molecule has 20 heavy (non-hydrogen) atoms. The lowest BCUT2D eigenvalue weighted by molar-refractivity contribution is 0.0947. The normalized spacial score (nSPS) is 11.9. The van der Waals surface area contributed by atoms with Crippen LogP contribution in [0.15, 0.2) is 47.1 Å². The zero-order valence-corrected chi connectivity index (χ0v) is 11.8.